The zero-order valence-corrected chi connectivity index (χ0v) is 13.0. The number of hydrogen-bond donors (Lipinski definition) is 1. The quantitative estimate of drug-likeness (QED) is 0.736. The minimum absolute atomic E-state index is 0.227. The van der Waals surface area contributed by atoms with E-state index in [9.17, 15) is 9.50 Å². The van der Waals surface area contributed by atoms with Gasteiger partial charge < -0.3 is 10.0 Å². The number of nitrogens with zero attached hydrogens (tertiary/aromatic N) is 1. The van der Waals surface area contributed by atoms with E-state index < -0.39 is 0 Å². The Morgan fingerprint density at radius 1 is 1.15 bits per heavy atom. The first kappa shape index (κ1) is 16.5. The predicted octanol–water partition coefficient (Wildman–Crippen LogP) is 4.62. The lowest BCUT2D eigenvalue weighted by Crippen LogP contribution is -2.35. The molecule has 1 aromatic rings. The molecule has 112 valence electrons. The number of rotatable bonds is 7. The van der Waals surface area contributed by atoms with Crippen LogP contribution in [-0.2, 0) is 5.41 Å². The fourth-order valence-electron chi connectivity index (χ4n) is 3.11. The van der Waals surface area contributed by atoms with E-state index in [1.54, 1.807) is 0 Å². The monoisotopic (exact) mass is 279 g/mol. The number of allylic oxidation sites excluding steroid dienone is 1. The summed E-state index contributed by atoms with van der Waals surface area (Å²) >= 11 is 0. The largest absolute Gasteiger partial charge is 0.514 e. The average Bonchev–Trinajstić information content (AvgIpc) is 2.40. The lowest BCUT2D eigenvalue weighted by atomic mass is 9.70. The maximum atomic E-state index is 13.2. The zero-order valence-electron chi connectivity index (χ0n) is 13.0. The summed E-state index contributed by atoms with van der Waals surface area (Å²) in [5, 5.41) is 9.72. The minimum Gasteiger partial charge on any atom is -0.514 e. The smallest absolute Gasteiger partial charge is 0.123 e. The summed E-state index contributed by atoms with van der Waals surface area (Å²) in [7, 11) is 3.87. The maximum Gasteiger partial charge on any atom is 0.123 e. The minimum atomic E-state index is -0.255. The van der Waals surface area contributed by atoms with Gasteiger partial charge in [-0.15, -0.1) is 0 Å². The third kappa shape index (κ3) is 3.33. The summed E-state index contributed by atoms with van der Waals surface area (Å²) in [6, 6.07) is 6.68. The number of halogens is 1. The number of aliphatic hydroxyl groups excluding tert-OH is 1. The molecule has 1 rings (SSSR count). The van der Waals surface area contributed by atoms with Gasteiger partial charge in [0.05, 0.1) is 12.0 Å². The van der Waals surface area contributed by atoms with Crippen molar-refractivity contribution in [3.05, 3.63) is 47.6 Å². The second-order valence-electron chi connectivity index (χ2n) is 5.50. The zero-order chi connectivity index (χ0) is 15.2. The standard InChI is InChI=1S/C17H26FNO/c1-5-11-17(12-6-2,16(13-20)19(3)4)14-7-9-15(18)10-8-14/h7-10,13,20H,5-6,11-12H2,1-4H3. The van der Waals surface area contributed by atoms with E-state index in [2.05, 4.69) is 13.8 Å². The van der Waals surface area contributed by atoms with Crippen molar-refractivity contribution in [3.8, 4) is 0 Å². The van der Waals surface area contributed by atoms with Crippen molar-refractivity contribution in [2.45, 2.75) is 44.9 Å². The molecule has 0 heterocycles. The molecule has 2 nitrogen and oxygen atoms in total. The highest BCUT2D eigenvalue weighted by Crippen LogP contribution is 2.41. The van der Waals surface area contributed by atoms with Gasteiger partial charge >= 0.3 is 0 Å². The Bertz CT molecular complexity index is 431. The van der Waals surface area contributed by atoms with Crippen molar-refractivity contribution in [2.75, 3.05) is 14.1 Å². The van der Waals surface area contributed by atoms with Gasteiger partial charge in [0, 0.05) is 19.5 Å². The Kier molecular flexibility index (Phi) is 6.05. The summed E-state index contributed by atoms with van der Waals surface area (Å²) < 4.78 is 13.2. The van der Waals surface area contributed by atoms with Crippen LogP contribution in [0.15, 0.2) is 36.2 Å². The summed E-state index contributed by atoms with van der Waals surface area (Å²) in [4.78, 5) is 1.95. The highest BCUT2D eigenvalue weighted by molar-refractivity contribution is 5.35. The molecule has 1 N–H and O–H groups in total. The van der Waals surface area contributed by atoms with Crippen LogP contribution in [0.3, 0.4) is 0 Å². The van der Waals surface area contributed by atoms with Crippen LogP contribution in [0.5, 0.6) is 0 Å². The van der Waals surface area contributed by atoms with E-state index in [-0.39, 0.29) is 11.2 Å². The van der Waals surface area contributed by atoms with Crippen molar-refractivity contribution in [1.29, 1.82) is 0 Å². The lowest BCUT2D eigenvalue weighted by Gasteiger charge is -2.39. The van der Waals surface area contributed by atoms with E-state index in [1.165, 1.54) is 18.4 Å². The third-order valence-electron chi connectivity index (χ3n) is 3.84. The first-order valence-corrected chi connectivity index (χ1v) is 7.30. The van der Waals surface area contributed by atoms with E-state index >= 15 is 0 Å². The molecular weight excluding hydrogens is 253 g/mol. The fraction of sp³-hybridized carbons (Fsp3) is 0.529. The molecule has 0 radical (unpaired) electrons. The first-order chi connectivity index (χ1) is 9.51. The summed E-state index contributed by atoms with van der Waals surface area (Å²) in [5.41, 5.74) is 1.69. The van der Waals surface area contributed by atoms with Gasteiger partial charge in [-0.1, -0.05) is 38.8 Å². The van der Waals surface area contributed by atoms with Gasteiger partial charge in [-0.25, -0.2) is 4.39 Å². The topological polar surface area (TPSA) is 23.5 Å². The molecule has 0 aliphatic carbocycles. The van der Waals surface area contributed by atoms with Gasteiger partial charge in [0.25, 0.3) is 0 Å². The Balaban J connectivity index is 3.40. The van der Waals surface area contributed by atoms with Crippen molar-refractivity contribution < 1.29 is 9.50 Å². The Morgan fingerprint density at radius 2 is 1.65 bits per heavy atom. The van der Waals surface area contributed by atoms with Gasteiger partial charge in [-0.05, 0) is 30.5 Å². The lowest BCUT2D eigenvalue weighted by molar-refractivity contribution is 0.300. The Hall–Kier alpha value is -1.51. The maximum absolute atomic E-state index is 13.2. The van der Waals surface area contributed by atoms with E-state index in [0.29, 0.717) is 0 Å². The van der Waals surface area contributed by atoms with Crippen LogP contribution in [0, 0.1) is 5.82 Å². The van der Waals surface area contributed by atoms with Gasteiger partial charge in [0.2, 0.25) is 0 Å². The van der Waals surface area contributed by atoms with E-state index in [0.717, 1.165) is 36.9 Å². The van der Waals surface area contributed by atoms with E-state index in [4.69, 9.17) is 0 Å². The molecule has 20 heavy (non-hydrogen) atoms. The molecule has 0 aromatic heterocycles. The van der Waals surface area contributed by atoms with Crippen molar-refractivity contribution >= 4 is 0 Å². The third-order valence-corrected chi connectivity index (χ3v) is 3.84. The molecule has 0 fully saturated rings. The first-order valence-electron chi connectivity index (χ1n) is 7.30. The molecule has 0 amide bonds. The highest BCUT2D eigenvalue weighted by Gasteiger charge is 2.36. The summed E-state index contributed by atoms with van der Waals surface area (Å²) in [6.45, 7) is 4.27. The Morgan fingerprint density at radius 3 is 2.00 bits per heavy atom. The number of benzene rings is 1. The summed E-state index contributed by atoms with van der Waals surface area (Å²) in [6.07, 6.45) is 5.06. The van der Waals surface area contributed by atoms with Gasteiger partial charge in [0.15, 0.2) is 0 Å². The SMILES string of the molecule is CCCC(CCC)(C(=CO)N(C)C)c1ccc(F)cc1. The Labute approximate surface area is 121 Å². The normalized spacial score (nSPS) is 12.6. The second kappa shape index (κ2) is 7.32. The molecule has 0 aliphatic heterocycles. The van der Waals surface area contributed by atoms with Crippen LogP contribution in [-0.4, -0.2) is 24.1 Å². The van der Waals surface area contributed by atoms with Crippen molar-refractivity contribution in [2.24, 2.45) is 0 Å². The van der Waals surface area contributed by atoms with Gasteiger partial charge in [-0.3, -0.25) is 0 Å². The average molecular weight is 279 g/mol. The molecule has 0 saturated heterocycles. The number of hydrogen-bond acceptors (Lipinski definition) is 2. The molecule has 0 spiro atoms. The van der Waals surface area contributed by atoms with Crippen molar-refractivity contribution in [3.63, 3.8) is 0 Å². The number of likely N-dealkylation sites (N-methyl/N-ethyl adjacent to an activating group) is 1. The molecule has 0 atom stereocenters. The van der Waals surface area contributed by atoms with Crippen LogP contribution in [0.1, 0.15) is 45.1 Å². The molecule has 0 unspecified atom stereocenters. The predicted molar refractivity (Wildman–Crippen MR) is 82.3 cm³/mol. The molecule has 0 bridgehead atoms. The molecule has 0 saturated carbocycles. The molecule has 3 heteroatoms. The van der Waals surface area contributed by atoms with E-state index in [1.807, 2.05) is 31.1 Å². The van der Waals surface area contributed by atoms with Gasteiger partial charge in [-0.2, -0.15) is 0 Å². The molecule has 0 aliphatic rings. The molecular formula is C17H26FNO. The van der Waals surface area contributed by atoms with Crippen LogP contribution >= 0.6 is 0 Å². The van der Waals surface area contributed by atoms with Crippen LogP contribution < -0.4 is 0 Å². The van der Waals surface area contributed by atoms with Gasteiger partial charge in [0.1, 0.15) is 5.82 Å². The summed E-state index contributed by atoms with van der Waals surface area (Å²) in [5.74, 6) is -0.227. The van der Waals surface area contributed by atoms with Crippen LogP contribution in [0.4, 0.5) is 4.39 Å². The fourth-order valence-corrected chi connectivity index (χ4v) is 3.11. The van der Waals surface area contributed by atoms with Crippen LogP contribution in [0.25, 0.3) is 0 Å². The second-order valence-corrected chi connectivity index (χ2v) is 5.50. The molecule has 1 aromatic carbocycles. The highest BCUT2D eigenvalue weighted by atomic mass is 19.1. The van der Waals surface area contributed by atoms with Crippen molar-refractivity contribution in [1.82, 2.24) is 4.90 Å². The number of aliphatic hydroxyl groups is 1. The van der Waals surface area contributed by atoms with Crippen LogP contribution in [0.2, 0.25) is 0 Å².